The Labute approximate surface area is 274 Å². The van der Waals surface area contributed by atoms with E-state index >= 15 is 0 Å². The Bertz CT molecular complexity index is 1640. The molecule has 0 saturated carbocycles. The average molecular weight is 697 g/mol. The zero-order valence-electron chi connectivity index (χ0n) is 25.2. The van der Waals surface area contributed by atoms with Gasteiger partial charge in [0.25, 0.3) is 11.8 Å². The molecule has 0 bridgehead atoms. The van der Waals surface area contributed by atoms with Gasteiger partial charge in [0.15, 0.2) is 23.2 Å². The number of anilines is 3. The van der Waals surface area contributed by atoms with Crippen LogP contribution in [-0.4, -0.2) is 113 Å². The second kappa shape index (κ2) is 14.3. The summed E-state index contributed by atoms with van der Waals surface area (Å²) in [5, 5.41) is 34.5. The first-order valence-corrected chi connectivity index (χ1v) is 15.8. The maximum atomic E-state index is 13.4. The zero-order valence-corrected chi connectivity index (χ0v) is 26.9. The molecule has 0 spiro atoms. The Balaban J connectivity index is 1.60. The number of β-lactam (4-membered cyclic amide) rings is 1. The number of hydrogen-bond acceptors (Lipinski definition) is 15. The van der Waals surface area contributed by atoms with E-state index in [1.54, 1.807) is 10.9 Å². The second-order valence-corrected chi connectivity index (χ2v) is 12.6. The summed E-state index contributed by atoms with van der Waals surface area (Å²) in [6.45, 7) is 2.70. The molecule has 2 aromatic rings. The minimum atomic E-state index is -1.83. The lowest BCUT2D eigenvalue weighted by Crippen LogP contribution is -2.71. The number of carboxylic acid groups (broad SMARTS) is 2. The van der Waals surface area contributed by atoms with Gasteiger partial charge in [-0.3, -0.25) is 19.3 Å². The first kappa shape index (κ1) is 35.1. The first-order valence-electron chi connectivity index (χ1n) is 14.0. The largest absolute Gasteiger partial charge is 0.478 e. The summed E-state index contributed by atoms with van der Waals surface area (Å²) in [5.41, 5.74) is 15.5. The fraction of sp³-hybridized carbons (Fsp3) is 0.480. The number of rotatable bonds is 16. The van der Waals surface area contributed by atoms with Crippen LogP contribution >= 0.6 is 23.3 Å². The third-order valence-electron chi connectivity index (χ3n) is 7.11. The van der Waals surface area contributed by atoms with Crippen LogP contribution in [0.5, 0.6) is 0 Å². The van der Waals surface area contributed by atoms with Gasteiger partial charge in [0.1, 0.15) is 23.7 Å². The molecule has 47 heavy (non-hydrogen) atoms. The number of aromatic nitrogens is 4. The number of aliphatic hydroxyl groups excluding tert-OH is 1. The number of carboxylic acids is 2. The van der Waals surface area contributed by atoms with Crippen molar-refractivity contribution in [2.75, 3.05) is 41.8 Å². The number of carbonyl (C=O) groups is 5. The van der Waals surface area contributed by atoms with Gasteiger partial charge in [-0.15, -0.1) is 21.1 Å². The molecule has 0 radical (unpaired) electrons. The number of nitrogens with two attached hydrogens (primary N) is 3. The van der Waals surface area contributed by atoms with Crippen LogP contribution in [0.3, 0.4) is 0 Å². The number of hydrogen-bond donors (Lipinski definition) is 7. The molecule has 3 amide bonds. The predicted octanol–water partition coefficient (Wildman–Crippen LogP) is -2.88. The van der Waals surface area contributed by atoms with Crippen LogP contribution in [0.2, 0.25) is 0 Å². The second-order valence-electron chi connectivity index (χ2n) is 10.7. The molecule has 1 saturated heterocycles. The minimum absolute atomic E-state index is 0.0122. The van der Waals surface area contributed by atoms with E-state index in [0.717, 1.165) is 16.4 Å². The first-order chi connectivity index (χ1) is 22.2. The molecule has 2 aliphatic rings. The Kier molecular flexibility index (Phi) is 10.7. The van der Waals surface area contributed by atoms with Gasteiger partial charge in [0.2, 0.25) is 29.7 Å². The molecule has 2 aromatic heterocycles. The average Bonchev–Trinajstić information content (AvgIpc) is 3.58. The quantitative estimate of drug-likeness (QED) is 0.0305. The summed E-state index contributed by atoms with van der Waals surface area (Å²) < 4.78 is 6.97. The number of amides is 3. The highest BCUT2D eigenvalue weighted by atomic mass is 32.2. The van der Waals surface area contributed by atoms with E-state index in [9.17, 15) is 39.3 Å². The van der Waals surface area contributed by atoms with Gasteiger partial charge in [-0.1, -0.05) is 5.16 Å². The van der Waals surface area contributed by atoms with Crippen molar-refractivity contribution in [3.05, 3.63) is 23.3 Å². The molecule has 22 heteroatoms. The van der Waals surface area contributed by atoms with Gasteiger partial charge in [-0.05, 0) is 26.8 Å². The maximum Gasteiger partial charge on any atom is 0.352 e. The van der Waals surface area contributed by atoms with Crippen LogP contribution < -0.4 is 32.1 Å². The van der Waals surface area contributed by atoms with Crippen molar-refractivity contribution < 1.29 is 48.8 Å². The predicted molar refractivity (Wildman–Crippen MR) is 167 cm³/mol. The van der Waals surface area contributed by atoms with Crippen LogP contribution in [0.15, 0.2) is 22.6 Å². The third kappa shape index (κ3) is 7.13. The lowest BCUT2D eigenvalue weighted by molar-refractivity contribution is -0.767. The van der Waals surface area contributed by atoms with Crippen LogP contribution in [0.25, 0.3) is 0 Å². The molecule has 2 atom stereocenters. The molecular formula is C25H34N11O9S2+. The highest BCUT2D eigenvalue weighted by molar-refractivity contribution is 8.00. The van der Waals surface area contributed by atoms with Gasteiger partial charge < -0.3 is 47.6 Å². The van der Waals surface area contributed by atoms with Crippen molar-refractivity contribution >= 4 is 75.8 Å². The maximum absolute atomic E-state index is 13.4. The van der Waals surface area contributed by atoms with Crippen molar-refractivity contribution in [3.63, 3.8) is 0 Å². The molecule has 20 nitrogen and oxygen atoms in total. The Morgan fingerprint density at radius 1 is 1.32 bits per heavy atom. The normalized spacial score (nSPS) is 18.0. The lowest BCUT2D eigenvalue weighted by atomic mass is 10.0. The van der Waals surface area contributed by atoms with Crippen LogP contribution in [-0.2, 0) is 41.9 Å². The Morgan fingerprint density at radius 2 is 2.04 bits per heavy atom. The lowest BCUT2D eigenvalue weighted by Gasteiger charge is -2.49. The molecule has 0 aliphatic carbocycles. The molecule has 1 fully saturated rings. The highest BCUT2D eigenvalue weighted by Crippen LogP contribution is 2.40. The van der Waals surface area contributed by atoms with E-state index in [2.05, 4.69) is 19.8 Å². The number of thioether (sulfide) groups is 1. The number of aliphatic hydroxyl groups is 1. The van der Waals surface area contributed by atoms with Gasteiger partial charge in [-0.2, -0.15) is 9.36 Å². The molecular weight excluding hydrogens is 662 g/mol. The summed E-state index contributed by atoms with van der Waals surface area (Å²) in [7, 11) is 0. The molecule has 0 aromatic carbocycles. The summed E-state index contributed by atoms with van der Waals surface area (Å²) in [4.78, 5) is 73.8. The number of carbonyl (C=O) groups excluding carboxylic acids is 3. The molecule has 4 rings (SSSR count). The number of oxime groups is 1. The van der Waals surface area contributed by atoms with Crippen LogP contribution in [0.4, 0.5) is 16.6 Å². The van der Waals surface area contributed by atoms with Crippen molar-refractivity contribution in [1.82, 2.24) is 24.3 Å². The van der Waals surface area contributed by atoms with Gasteiger partial charge in [0.05, 0.1) is 6.61 Å². The number of nitrogens with one attached hydrogen (secondary N) is 1. The van der Waals surface area contributed by atoms with Crippen molar-refractivity contribution in [1.29, 1.82) is 0 Å². The number of nitrogens with zero attached hydrogens (tertiary/aromatic N) is 7. The van der Waals surface area contributed by atoms with E-state index in [-0.39, 0.29) is 54.5 Å². The molecule has 4 heterocycles. The van der Waals surface area contributed by atoms with E-state index in [4.69, 9.17) is 22.0 Å². The number of nitrogen functional groups attached to an aromatic ring is 2. The zero-order chi connectivity index (χ0) is 34.6. The van der Waals surface area contributed by atoms with Crippen molar-refractivity contribution in [2.45, 2.75) is 50.4 Å². The fourth-order valence-corrected chi connectivity index (χ4v) is 6.43. The monoisotopic (exact) mass is 696 g/mol. The smallest absolute Gasteiger partial charge is 0.352 e. The fourth-order valence-electron chi connectivity index (χ4n) is 4.66. The van der Waals surface area contributed by atoms with Crippen LogP contribution in [0, 0.1) is 0 Å². The van der Waals surface area contributed by atoms with E-state index in [1.165, 1.54) is 35.2 Å². The summed E-state index contributed by atoms with van der Waals surface area (Å²) in [5.74, 6) is -4.45. The SMILES string of the molecule is CC(C)(O/N=C(\C(=O)N[C@@H]1C(=O)N2C(C(=O)O)=C(C[n+]3cc(N(C=O)CCCN)c(N)n3CCO)CS[C@H]12)c1nsc(N)n1)C(=O)O. The summed E-state index contributed by atoms with van der Waals surface area (Å²) >= 11 is 1.93. The topological polar surface area (TPSA) is 299 Å². The van der Waals surface area contributed by atoms with Crippen molar-refractivity contribution in [2.24, 2.45) is 10.9 Å². The van der Waals surface area contributed by atoms with Crippen molar-refractivity contribution in [3.8, 4) is 0 Å². The molecule has 2 aliphatic heterocycles. The van der Waals surface area contributed by atoms with Gasteiger partial charge in [0, 0.05) is 29.4 Å². The number of fused-ring (bicyclic) bond motifs is 1. The highest BCUT2D eigenvalue weighted by Gasteiger charge is 2.55. The van der Waals surface area contributed by atoms with E-state index < -0.39 is 46.5 Å². The number of aliphatic carboxylic acids is 2. The molecule has 254 valence electrons. The Morgan fingerprint density at radius 3 is 2.62 bits per heavy atom. The minimum Gasteiger partial charge on any atom is -0.478 e. The summed E-state index contributed by atoms with van der Waals surface area (Å²) in [6.07, 6.45) is 2.65. The van der Waals surface area contributed by atoms with Gasteiger partial charge in [-0.25, -0.2) is 9.59 Å². The van der Waals surface area contributed by atoms with E-state index in [0.29, 0.717) is 30.6 Å². The standard InChI is InChI=1S/C25H33N11O9S2/c1-25(2,23(43)44)45-31-14(18-30-24(28)47-32-18)19(39)29-15-20(40)36-16(22(41)42)12(10-46-21(15)36)8-34-9-13(17(27)35(34)6-7-37)33(11-38)5-3-4-26/h9,11,15,21,27,37H,3-8,10,26H2,1-2H3,(H5,28,29,30,32,39,41,42,43,44)/p+1/b31-14-/t15-,21-/m1/s1. The third-order valence-corrected chi connectivity index (χ3v) is 8.99. The Hall–Kier alpha value is -4.80. The summed E-state index contributed by atoms with van der Waals surface area (Å²) in [6, 6.07) is -1.19. The molecule has 10 N–H and O–H groups in total. The van der Waals surface area contributed by atoms with E-state index in [1.807, 2.05) is 0 Å². The van der Waals surface area contributed by atoms with Crippen LogP contribution in [0.1, 0.15) is 26.1 Å². The van der Waals surface area contributed by atoms with Gasteiger partial charge >= 0.3 is 11.9 Å². The molecule has 0 unspecified atom stereocenters.